The molecule has 2 nitrogen and oxygen atoms in total. The molecule has 0 unspecified atom stereocenters. The lowest BCUT2D eigenvalue weighted by atomic mass is 10.1. The van der Waals surface area contributed by atoms with Crippen molar-refractivity contribution in [2.75, 3.05) is 12.8 Å². The van der Waals surface area contributed by atoms with Crippen molar-refractivity contribution in [1.29, 1.82) is 5.26 Å². The molecule has 1 N–H and O–H groups in total. The fraction of sp³-hybridized carbons (Fsp3) is 0.462. The maximum Gasteiger partial charge on any atom is 0.100 e. The number of hydrogen-bond donors (Lipinski definition) is 1. The van der Waals surface area contributed by atoms with Gasteiger partial charge in [-0.3, -0.25) is 0 Å². The summed E-state index contributed by atoms with van der Waals surface area (Å²) in [5.41, 5.74) is 1.95. The second kappa shape index (κ2) is 6.57. The summed E-state index contributed by atoms with van der Waals surface area (Å²) in [6.45, 7) is 5.19. The molecular weight excluding hydrogens is 216 g/mol. The average Bonchev–Trinajstić information content (AvgIpc) is 2.27. The Kier molecular flexibility index (Phi) is 5.37. The van der Waals surface area contributed by atoms with Gasteiger partial charge in [0, 0.05) is 17.2 Å². The zero-order chi connectivity index (χ0) is 12.0. The number of benzene rings is 1. The van der Waals surface area contributed by atoms with Gasteiger partial charge < -0.3 is 5.32 Å². The topological polar surface area (TPSA) is 35.8 Å². The highest BCUT2D eigenvalue weighted by atomic mass is 32.2. The van der Waals surface area contributed by atoms with Crippen LogP contribution in [0.15, 0.2) is 23.1 Å². The largest absolute Gasteiger partial charge is 0.316 e. The van der Waals surface area contributed by atoms with Gasteiger partial charge in [-0.05, 0) is 30.7 Å². The van der Waals surface area contributed by atoms with Gasteiger partial charge in [-0.25, -0.2) is 0 Å². The van der Waals surface area contributed by atoms with E-state index in [1.807, 2.05) is 13.1 Å². The van der Waals surface area contributed by atoms with Gasteiger partial charge in [-0.2, -0.15) is 5.26 Å². The van der Waals surface area contributed by atoms with Gasteiger partial charge >= 0.3 is 0 Å². The molecule has 0 fully saturated rings. The van der Waals surface area contributed by atoms with Crippen molar-refractivity contribution in [1.82, 2.24) is 5.32 Å². The lowest BCUT2D eigenvalue weighted by Crippen LogP contribution is -2.05. The zero-order valence-electron chi connectivity index (χ0n) is 10.1. The van der Waals surface area contributed by atoms with Crippen LogP contribution in [-0.2, 0) is 6.54 Å². The first-order valence-electron chi connectivity index (χ1n) is 5.47. The molecule has 0 amide bonds. The van der Waals surface area contributed by atoms with Gasteiger partial charge in [0.2, 0.25) is 0 Å². The summed E-state index contributed by atoms with van der Waals surface area (Å²) in [4.78, 5) is 1.09. The molecule has 0 spiro atoms. The summed E-state index contributed by atoms with van der Waals surface area (Å²) < 4.78 is 0. The van der Waals surface area contributed by atoms with E-state index in [1.54, 1.807) is 11.8 Å². The summed E-state index contributed by atoms with van der Waals surface area (Å²) >= 11 is 1.76. The van der Waals surface area contributed by atoms with E-state index in [4.69, 9.17) is 5.26 Å². The minimum Gasteiger partial charge on any atom is -0.316 e. The van der Waals surface area contributed by atoms with Crippen molar-refractivity contribution >= 4 is 11.8 Å². The molecule has 0 saturated heterocycles. The number of nitrogens with one attached hydrogen (secondary N) is 1. The standard InChI is InChI=1S/C13H18N2S/c1-10(2)9-16-13-5-4-11(8-15-3)6-12(13)7-14/h4-6,10,15H,8-9H2,1-3H3. The molecule has 1 aromatic rings. The van der Waals surface area contributed by atoms with E-state index in [0.717, 1.165) is 28.3 Å². The minimum absolute atomic E-state index is 0.647. The van der Waals surface area contributed by atoms with Crippen LogP contribution in [-0.4, -0.2) is 12.8 Å². The molecule has 1 rings (SSSR count). The van der Waals surface area contributed by atoms with Crippen LogP contribution in [0.3, 0.4) is 0 Å². The zero-order valence-corrected chi connectivity index (χ0v) is 10.9. The molecule has 0 aliphatic heterocycles. The normalized spacial score (nSPS) is 10.4. The highest BCUT2D eigenvalue weighted by Gasteiger charge is 2.05. The Morgan fingerprint density at radius 3 is 2.75 bits per heavy atom. The fourth-order valence-corrected chi connectivity index (χ4v) is 2.30. The van der Waals surface area contributed by atoms with Crippen LogP contribution in [0, 0.1) is 17.2 Å². The molecule has 0 atom stereocenters. The quantitative estimate of drug-likeness (QED) is 0.795. The molecular formula is C13H18N2S. The van der Waals surface area contributed by atoms with Crippen LogP contribution in [0.1, 0.15) is 25.0 Å². The van der Waals surface area contributed by atoms with E-state index < -0.39 is 0 Å². The molecule has 0 aromatic heterocycles. The van der Waals surface area contributed by atoms with Gasteiger partial charge in [0.05, 0.1) is 5.56 Å². The molecule has 0 radical (unpaired) electrons. The molecule has 0 heterocycles. The third kappa shape index (κ3) is 3.88. The van der Waals surface area contributed by atoms with Gasteiger partial charge in [-0.15, -0.1) is 11.8 Å². The third-order valence-corrected chi connectivity index (χ3v) is 3.62. The minimum atomic E-state index is 0.647. The van der Waals surface area contributed by atoms with Crippen molar-refractivity contribution in [2.45, 2.75) is 25.3 Å². The highest BCUT2D eigenvalue weighted by molar-refractivity contribution is 7.99. The molecule has 0 saturated carbocycles. The highest BCUT2D eigenvalue weighted by Crippen LogP contribution is 2.25. The fourth-order valence-electron chi connectivity index (χ4n) is 1.36. The van der Waals surface area contributed by atoms with Crippen LogP contribution in [0.5, 0.6) is 0 Å². The van der Waals surface area contributed by atoms with E-state index >= 15 is 0 Å². The van der Waals surface area contributed by atoms with Crippen molar-refractivity contribution in [3.63, 3.8) is 0 Å². The number of rotatable bonds is 5. The molecule has 0 aliphatic rings. The first-order chi connectivity index (χ1) is 7.67. The molecule has 3 heteroatoms. The van der Waals surface area contributed by atoms with Crippen molar-refractivity contribution in [3.05, 3.63) is 29.3 Å². The number of hydrogen-bond acceptors (Lipinski definition) is 3. The SMILES string of the molecule is CNCc1ccc(SCC(C)C)c(C#N)c1. The van der Waals surface area contributed by atoms with E-state index in [0.29, 0.717) is 5.92 Å². The predicted molar refractivity (Wildman–Crippen MR) is 69.5 cm³/mol. The van der Waals surface area contributed by atoms with Crippen LogP contribution in [0.4, 0.5) is 0 Å². The second-order valence-corrected chi connectivity index (χ2v) is 5.24. The predicted octanol–water partition coefficient (Wildman–Crippen LogP) is 3.03. The summed E-state index contributed by atoms with van der Waals surface area (Å²) in [6, 6.07) is 8.38. The number of thioether (sulfide) groups is 1. The van der Waals surface area contributed by atoms with Gasteiger partial charge in [-0.1, -0.05) is 19.9 Å². The average molecular weight is 234 g/mol. The summed E-state index contributed by atoms with van der Waals surface area (Å²) in [7, 11) is 1.91. The smallest absolute Gasteiger partial charge is 0.100 e. The van der Waals surface area contributed by atoms with Crippen LogP contribution < -0.4 is 5.32 Å². The van der Waals surface area contributed by atoms with Gasteiger partial charge in [0.1, 0.15) is 6.07 Å². The van der Waals surface area contributed by atoms with Gasteiger partial charge in [0.25, 0.3) is 0 Å². The lowest BCUT2D eigenvalue weighted by molar-refractivity contribution is 0.750. The first kappa shape index (κ1) is 13.1. The third-order valence-electron chi connectivity index (χ3n) is 2.12. The summed E-state index contributed by atoms with van der Waals surface area (Å²) in [5, 5.41) is 12.2. The maximum absolute atomic E-state index is 9.09. The Bertz CT molecular complexity index is 380. The number of nitrogens with zero attached hydrogens (tertiary/aromatic N) is 1. The van der Waals surface area contributed by atoms with Crippen LogP contribution in [0.2, 0.25) is 0 Å². The number of nitriles is 1. The Balaban J connectivity index is 2.81. The Labute approximate surface area is 102 Å². The van der Waals surface area contributed by atoms with Crippen molar-refractivity contribution < 1.29 is 0 Å². The van der Waals surface area contributed by atoms with E-state index in [1.165, 1.54) is 0 Å². The lowest BCUT2D eigenvalue weighted by Gasteiger charge is -2.08. The summed E-state index contributed by atoms with van der Waals surface area (Å²) in [5.74, 6) is 1.70. The molecule has 0 aliphatic carbocycles. The van der Waals surface area contributed by atoms with Gasteiger partial charge in [0.15, 0.2) is 0 Å². The maximum atomic E-state index is 9.09. The first-order valence-corrected chi connectivity index (χ1v) is 6.46. The molecule has 86 valence electrons. The Morgan fingerprint density at radius 2 is 2.19 bits per heavy atom. The van der Waals surface area contributed by atoms with E-state index in [-0.39, 0.29) is 0 Å². The molecule has 16 heavy (non-hydrogen) atoms. The van der Waals surface area contributed by atoms with Crippen LogP contribution >= 0.6 is 11.8 Å². The monoisotopic (exact) mass is 234 g/mol. The molecule has 0 bridgehead atoms. The van der Waals surface area contributed by atoms with E-state index in [2.05, 4.69) is 37.4 Å². The Morgan fingerprint density at radius 1 is 1.44 bits per heavy atom. The Hall–Kier alpha value is -0.980. The second-order valence-electron chi connectivity index (χ2n) is 4.18. The van der Waals surface area contributed by atoms with Crippen LogP contribution in [0.25, 0.3) is 0 Å². The summed E-state index contributed by atoms with van der Waals surface area (Å²) in [6.07, 6.45) is 0. The molecule has 1 aromatic carbocycles. The van der Waals surface area contributed by atoms with E-state index in [9.17, 15) is 0 Å². The van der Waals surface area contributed by atoms with Crippen molar-refractivity contribution in [3.8, 4) is 6.07 Å². The van der Waals surface area contributed by atoms with Crippen molar-refractivity contribution in [2.24, 2.45) is 5.92 Å².